The topological polar surface area (TPSA) is 55.5 Å². The van der Waals surface area contributed by atoms with Gasteiger partial charge in [0.1, 0.15) is 11.6 Å². The lowest BCUT2D eigenvalue weighted by atomic mass is 10.0. The van der Waals surface area contributed by atoms with Crippen molar-refractivity contribution in [2.24, 2.45) is 5.73 Å². The smallest absolute Gasteiger partial charge is 0.145 e. The summed E-state index contributed by atoms with van der Waals surface area (Å²) in [6.07, 6.45) is 0. The fourth-order valence-corrected chi connectivity index (χ4v) is 1.73. The Morgan fingerprint density at radius 1 is 1.67 bits per heavy atom. The molecule has 3 N–H and O–H groups in total. The van der Waals surface area contributed by atoms with Gasteiger partial charge >= 0.3 is 0 Å². The van der Waals surface area contributed by atoms with Crippen molar-refractivity contribution in [1.82, 2.24) is 0 Å². The Kier molecular flexibility index (Phi) is 3.90. The summed E-state index contributed by atoms with van der Waals surface area (Å²) in [5, 5.41) is 9.21. The van der Waals surface area contributed by atoms with Crippen LogP contribution in [0.2, 0.25) is 5.02 Å². The molecule has 1 unspecified atom stereocenters. The van der Waals surface area contributed by atoms with Gasteiger partial charge in [-0.15, -0.1) is 0 Å². The lowest BCUT2D eigenvalue weighted by Crippen LogP contribution is -2.18. The Bertz CT molecular complexity index is 371. The number of nitrogens with two attached hydrogens (primary N) is 1. The van der Waals surface area contributed by atoms with Gasteiger partial charge in [0.15, 0.2) is 0 Å². The second-order valence-corrected chi connectivity index (χ2v) is 3.63. The van der Waals surface area contributed by atoms with Gasteiger partial charge in [0.05, 0.1) is 30.3 Å². The molecule has 1 rings (SSSR count). The molecule has 0 aliphatic rings. The zero-order valence-electron chi connectivity index (χ0n) is 8.55. The molecule has 0 aliphatic carbocycles. The summed E-state index contributed by atoms with van der Waals surface area (Å²) in [6, 6.07) is 0.626. The lowest BCUT2D eigenvalue weighted by Gasteiger charge is -2.17. The number of aliphatic hydroxyl groups excluding tert-OH is 1. The molecule has 0 aliphatic heterocycles. The highest BCUT2D eigenvalue weighted by Gasteiger charge is 2.21. The fourth-order valence-electron chi connectivity index (χ4n) is 1.39. The fraction of sp³-hybridized carbons (Fsp3) is 0.400. The molecule has 0 heterocycles. The van der Waals surface area contributed by atoms with Gasteiger partial charge in [0, 0.05) is 0 Å². The Morgan fingerprint density at radius 3 is 2.73 bits per heavy atom. The quantitative estimate of drug-likeness (QED) is 0.837. The van der Waals surface area contributed by atoms with E-state index in [2.05, 4.69) is 0 Å². The highest BCUT2D eigenvalue weighted by atomic mass is 35.5. The minimum atomic E-state index is -0.836. The van der Waals surface area contributed by atoms with Gasteiger partial charge in [-0.25, -0.2) is 4.39 Å². The van der Waals surface area contributed by atoms with Gasteiger partial charge in [-0.3, -0.25) is 0 Å². The largest absolute Gasteiger partial charge is 0.495 e. The number of rotatable bonds is 3. The van der Waals surface area contributed by atoms with Crippen LogP contribution >= 0.6 is 11.6 Å². The first-order chi connectivity index (χ1) is 7.02. The second-order valence-electron chi connectivity index (χ2n) is 3.23. The normalized spacial score (nSPS) is 12.7. The molecule has 0 saturated heterocycles. The molecule has 5 heteroatoms. The monoisotopic (exact) mass is 233 g/mol. The third-order valence-electron chi connectivity index (χ3n) is 2.16. The van der Waals surface area contributed by atoms with Gasteiger partial charge in [0.25, 0.3) is 0 Å². The predicted molar refractivity (Wildman–Crippen MR) is 56.7 cm³/mol. The third kappa shape index (κ3) is 2.22. The van der Waals surface area contributed by atoms with E-state index in [9.17, 15) is 4.39 Å². The van der Waals surface area contributed by atoms with E-state index in [1.807, 2.05) is 0 Å². The van der Waals surface area contributed by atoms with Crippen LogP contribution in [-0.2, 0) is 0 Å². The molecule has 0 saturated carbocycles. The molecular formula is C10H13ClFNO2. The van der Waals surface area contributed by atoms with E-state index in [1.54, 1.807) is 6.92 Å². The number of ether oxygens (including phenoxy) is 1. The van der Waals surface area contributed by atoms with E-state index >= 15 is 0 Å². The summed E-state index contributed by atoms with van der Waals surface area (Å²) in [7, 11) is 1.38. The summed E-state index contributed by atoms with van der Waals surface area (Å²) in [5.41, 5.74) is 6.07. The molecule has 1 aromatic carbocycles. The SMILES string of the molecule is COc1c(Cl)cc(C)c(F)c1C(N)CO. The highest BCUT2D eigenvalue weighted by molar-refractivity contribution is 6.32. The Hall–Kier alpha value is -0.840. The molecule has 0 amide bonds. The van der Waals surface area contributed by atoms with Crippen molar-refractivity contribution < 1.29 is 14.2 Å². The second kappa shape index (κ2) is 4.79. The molecule has 0 bridgehead atoms. The van der Waals surface area contributed by atoms with E-state index in [1.165, 1.54) is 13.2 Å². The molecular weight excluding hydrogens is 221 g/mol. The standard InChI is InChI=1S/C10H13ClFNO2/c1-5-3-6(11)10(15-2)8(9(5)12)7(13)4-14/h3,7,14H,4,13H2,1-2H3. The van der Waals surface area contributed by atoms with Crippen LogP contribution in [0.3, 0.4) is 0 Å². The number of aryl methyl sites for hydroxylation is 1. The van der Waals surface area contributed by atoms with E-state index in [4.69, 9.17) is 27.2 Å². The van der Waals surface area contributed by atoms with Gasteiger partial charge < -0.3 is 15.6 Å². The van der Waals surface area contributed by atoms with Crippen LogP contribution in [0.1, 0.15) is 17.2 Å². The zero-order chi connectivity index (χ0) is 11.6. The minimum Gasteiger partial charge on any atom is -0.495 e. The minimum absolute atomic E-state index is 0.116. The molecule has 1 atom stereocenters. The third-order valence-corrected chi connectivity index (χ3v) is 2.44. The molecule has 0 fully saturated rings. The maximum absolute atomic E-state index is 13.7. The van der Waals surface area contributed by atoms with Crippen molar-refractivity contribution in [3.8, 4) is 5.75 Å². The van der Waals surface area contributed by atoms with Crippen molar-refractivity contribution in [2.75, 3.05) is 13.7 Å². The van der Waals surface area contributed by atoms with E-state index in [-0.39, 0.29) is 22.9 Å². The maximum atomic E-state index is 13.7. The number of hydrogen-bond donors (Lipinski definition) is 2. The van der Waals surface area contributed by atoms with Crippen LogP contribution in [0.5, 0.6) is 5.75 Å². The van der Waals surface area contributed by atoms with Crippen molar-refractivity contribution in [3.05, 3.63) is 28.0 Å². The molecule has 15 heavy (non-hydrogen) atoms. The van der Waals surface area contributed by atoms with Crippen LogP contribution in [0.15, 0.2) is 6.07 Å². The summed E-state index contributed by atoms with van der Waals surface area (Å²) in [5.74, 6) is -0.306. The summed E-state index contributed by atoms with van der Waals surface area (Å²) < 4.78 is 18.7. The molecule has 0 aromatic heterocycles. The predicted octanol–water partition coefficient (Wildman–Crippen LogP) is 1.79. The van der Waals surface area contributed by atoms with Crippen LogP contribution in [0, 0.1) is 12.7 Å². The molecule has 3 nitrogen and oxygen atoms in total. The summed E-state index contributed by atoms with van der Waals surface area (Å²) >= 11 is 5.88. The highest BCUT2D eigenvalue weighted by Crippen LogP contribution is 2.35. The Balaban J connectivity index is 3.43. The van der Waals surface area contributed by atoms with E-state index in [0.717, 1.165) is 0 Å². The Labute approximate surface area is 92.6 Å². The lowest BCUT2D eigenvalue weighted by molar-refractivity contribution is 0.261. The number of aliphatic hydroxyl groups is 1. The number of hydrogen-bond acceptors (Lipinski definition) is 3. The first kappa shape index (κ1) is 12.2. The average Bonchev–Trinajstić information content (AvgIpc) is 2.21. The van der Waals surface area contributed by atoms with Crippen molar-refractivity contribution in [1.29, 1.82) is 0 Å². The number of benzene rings is 1. The van der Waals surface area contributed by atoms with Crippen molar-refractivity contribution >= 4 is 11.6 Å². The van der Waals surface area contributed by atoms with Crippen LogP contribution in [0.25, 0.3) is 0 Å². The molecule has 0 radical (unpaired) electrons. The zero-order valence-corrected chi connectivity index (χ0v) is 9.31. The van der Waals surface area contributed by atoms with Crippen LogP contribution < -0.4 is 10.5 Å². The first-order valence-corrected chi connectivity index (χ1v) is 4.79. The van der Waals surface area contributed by atoms with Crippen molar-refractivity contribution in [3.63, 3.8) is 0 Å². The summed E-state index contributed by atoms with van der Waals surface area (Å²) in [4.78, 5) is 0. The molecule has 84 valence electrons. The average molecular weight is 234 g/mol. The van der Waals surface area contributed by atoms with Gasteiger partial charge in [-0.1, -0.05) is 11.6 Å². The van der Waals surface area contributed by atoms with E-state index in [0.29, 0.717) is 5.56 Å². The maximum Gasteiger partial charge on any atom is 0.145 e. The molecule has 1 aromatic rings. The summed E-state index contributed by atoms with van der Waals surface area (Å²) in [6.45, 7) is 1.21. The number of methoxy groups -OCH3 is 1. The first-order valence-electron chi connectivity index (χ1n) is 4.41. The number of halogens is 2. The Morgan fingerprint density at radius 2 is 2.27 bits per heavy atom. The van der Waals surface area contributed by atoms with Crippen LogP contribution in [-0.4, -0.2) is 18.8 Å². The van der Waals surface area contributed by atoms with Crippen LogP contribution in [0.4, 0.5) is 4.39 Å². The van der Waals surface area contributed by atoms with Gasteiger partial charge in [-0.2, -0.15) is 0 Å². The van der Waals surface area contributed by atoms with Crippen molar-refractivity contribution in [2.45, 2.75) is 13.0 Å². The van der Waals surface area contributed by atoms with Gasteiger partial charge in [0.2, 0.25) is 0 Å². The molecule has 0 spiro atoms. The van der Waals surface area contributed by atoms with E-state index < -0.39 is 11.9 Å². The van der Waals surface area contributed by atoms with Gasteiger partial charge in [-0.05, 0) is 18.6 Å².